The van der Waals surface area contributed by atoms with E-state index < -0.39 is 10.8 Å². The van der Waals surface area contributed by atoms with Gasteiger partial charge < -0.3 is 24.1 Å². The number of halogens is 4. The predicted octanol–water partition coefficient (Wildman–Crippen LogP) is 36.4. The zero-order valence-electron chi connectivity index (χ0n) is 71.9. The summed E-state index contributed by atoms with van der Waals surface area (Å²) in [4.78, 5) is 24.0. The quantitative estimate of drug-likeness (QED) is 0.0865. The Morgan fingerprint density at radius 1 is 0.328 bits per heavy atom. The van der Waals surface area contributed by atoms with Gasteiger partial charge in [-0.1, -0.05) is 410 Å². The molecule has 0 bridgehead atoms. The number of hydrogen-bond donors (Lipinski definition) is 1. The Morgan fingerprint density at radius 3 is 1.29 bits per heavy atom. The lowest BCUT2D eigenvalue weighted by molar-refractivity contribution is 0.431. The lowest BCUT2D eigenvalue weighted by Gasteiger charge is -2.45. The summed E-state index contributed by atoms with van der Waals surface area (Å²) < 4.78 is 20.0. The van der Waals surface area contributed by atoms with Crippen LogP contribution in [0, 0.1) is 0 Å². The van der Waals surface area contributed by atoms with Crippen molar-refractivity contribution in [3.05, 3.63) is 542 Å². The van der Waals surface area contributed by atoms with E-state index >= 15 is 0 Å². The van der Waals surface area contributed by atoms with Crippen LogP contribution >= 0.6 is 97.0 Å². The number of para-hydroxylation sites is 3. The van der Waals surface area contributed by atoms with Gasteiger partial charge in [-0.15, -0.1) is 0 Å². The molecule has 5 heterocycles. The van der Waals surface area contributed by atoms with E-state index in [1.807, 2.05) is 83.1 Å². The van der Waals surface area contributed by atoms with Gasteiger partial charge in [0.15, 0.2) is 0 Å². The van der Waals surface area contributed by atoms with Crippen LogP contribution in [0.3, 0.4) is 0 Å². The van der Waals surface area contributed by atoms with Crippen molar-refractivity contribution in [3.8, 4) is 45.3 Å². The minimum atomic E-state index is -0.525. The van der Waals surface area contributed by atoms with Crippen LogP contribution in [0.2, 0.25) is 10.0 Å². The number of rotatable bonds is 9. The number of anilines is 5. The molecule has 1 N–H and O–H groups in total. The van der Waals surface area contributed by atoms with Crippen LogP contribution in [0.5, 0.6) is 23.0 Å². The second kappa shape index (κ2) is 40.5. The molecule has 4 aliphatic rings. The fourth-order valence-corrected chi connectivity index (χ4v) is 22.5. The summed E-state index contributed by atoms with van der Waals surface area (Å²) in [5.74, 6) is 3.46. The molecule has 0 unspecified atom stereocenters. The number of alkyl halides is 1. The molecular weight excluding hydrogens is 1920 g/mol. The van der Waals surface area contributed by atoms with Crippen molar-refractivity contribution in [2.24, 2.45) is 0 Å². The van der Waals surface area contributed by atoms with Gasteiger partial charge in [0.2, 0.25) is 5.43 Å². The number of hydrogen-bond acceptors (Lipinski definition) is 9. The Bertz CT molecular complexity index is 7770. The number of nitrogens with zero attached hydrogens (tertiary/aromatic N) is 1. The minimum absolute atomic E-state index is 0. The lowest BCUT2D eigenvalue weighted by Crippen LogP contribution is -2.36. The van der Waals surface area contributed by atoms with E-state index in [9.17, 15) is 4.79 Å². The van der Waals surface area contributed by atoms with E-state index in [1.54, 1.807) is 42.1 Å². The topological polar surface area (TPSA) is 63.9 Å². The molecule has 4 aliphatic heterocycles. The van der Waals surface area contributed by atoms with Crippen LogP contribution in [-0.4, -0.2) is 4.93 Å². The van der Waals surface area contributed by atoms with Gasteiger partial charge in [-0.2, -0.15) is 0 Å². The zero-order chi connectivity index (χ0) is 90.2. The second-order valence-corrected chi connectivity index (χ2v) is 37.0. The van der Waals surface area contributed by atoms with Gasteiger partial charge in [0.25, 0.3) is 0 Å². The summed E-state index contributed by atoms with van der Waals surface area (Å²) in [5.41, 5.74) is 20.2. The first-order valence-electron chi connectivity index (χ1n) is 43.6. The third kappa shape index (κ3) is 17.7. The molecule has 20 aromatic carbocycles. The highest BCUT2D eigenvalue weighted by molar-refractivity contribution is 14.1. The van der Waals surface area contributed by atoms with Crippen LogP contribution in [0.15, 0.2) is 516 Å². The number of nitrogens with one attached hydrogen (secondary N) is 1. The van der Waals surface area contributed by atoms with Crippen molar-refractivity contribution in [1.29, 1.82) is 0 Å². The summed E-state index contributed by atoms with van der Waals surface area (Å²) in [7, 11) is 0. The molecule has 0 amide bonds. The molecule has 0 radical (unpaired) electrons. The number of benzene rings is 20. The molecule has 0 atom stereocenters. The van der Waals surface area contributed by atoms with Crippen LogP contribution in [0.1, 0.15) is 51.9 Å². The van der Waals surface area contributed by atoms with Crippen molar-refractivity contribution >= 4 is 169 Å². The van der Waals surface area contributed by atoms with Crippen LogP contribution in [0.4, 0.5) is 28.4 Å². The first-order valence-corrected chi connectivity index (χ1v) is 49.8. The van der Waals surface area contributed by atoms with E-state index in [1.165, 1.54) is 107 Å². The van der Waals surface area contributed by atoms with Gasteiger partial charge in [0, 0.05) is 112 Å². The standard InChI is InChI=1S/C47H31NOS.C25H15ClOS.C22H17N.C13H7ClO2.C12H9BrS.CH3I.CH4/c1-2-13-32(14-3-1)33-25-27-35(28-26-33)48(42-21-12-16-34-15-4-5-17-37(34)42)36-29-30-39-44(31-36)49-43-22-9-6-18-38(43)47(39)40-19-7-10-23-45(40)50-46-24-11-8-20-41(46)47;26-16-13-14-18-22(15-16)27-21-10-4-1-7-17(21)25(18)19-8-2-5-11-23(19)28-24-12-6-3-9-20(24)25;1-2-7-17(8-3-1)18-13-15-20(16-14-18)23-22-12-6-10-19-9-4-5-11-21(19)22;14-8-5-6-10-12(7-8)16-11-4-2-1-3-9(11)13(10)15;13-11-8-4-5-9-12(11)14-10-6-2-1-3-7-10;1-2;/h1-31H;1-15H;1-16,23H;1-7H;1-9H;1H3;1H4. The third-order valence-corrected chi connectivity index (χ3v) is 29.1. The van der Waals surface area contributed by atoms with Crippen molar-refractivity contribution in [1.82, 2.24) is 0 Å². The van der Waals surface area contributed by atoms with Crippen molar-refractivity contribution < 1.29 is 13.9 Å². The highest BCUT2D eigenvalue weighted by Crippen LogP contribution is 2.64. The van der Waals surface area contributed by atoms with Crippen LogP contribution in [0.25, 0.3) is 65.7 Å². The van der Waals surface area contributed by atoms with Gasteiger partial charge in [0.05, 0.1) is 27.3 Å². The van der Waals surface area contributed by atoms with Crippen molar-refractivity contribution in [2.45, 2.75) is 47.6 Å². The molecule has 25 rings (SSSR count). The summed E-state index contributed by atoms with van der Waals surface area (Å²) in [5, 5.41) is 10.8. The fourth-order valence-electron chi connectivity index (χ4n) is 18.4. The van der Waals surface area contributed by atoms with Crippen LogP contribution < -0.4 is 25.1 Å². The Balaban J connectivity index is 0.000000117. The maximum Gasteiger partial charge on any atom is 0.200 e. The molecule has 2 spiro atoms. The van der Waals surface area contributed by atoms with Crippen molar-refractivity contribution in [2.75, 3.05) is 15.1 Å². The van der Waals surface area contributed by atoms with Crippen molar-refractivity contribution in [3.63, 3.8) is 0 Å². The van der Waals surface area contributed by atoms with Gasteiger partial charge in [0.1, 0.15) is 34.2 Å². The molecular formula is C121H86BrCl2IN2O4S3. The molecule has 650 valence electrons. The molecule has 0 aliphatic carbocycles. The predicted molar refractivity (Wildman–Crippen MR) is 576 cm³/mol. The molecule has 1 aromatic heterocycles. The number of ether oxygens (including phenoxy) is 2. The summed E-state index contributed by atoms with van der Waals surface area (Å²) >= 11 is 23.3. The second-order valence-electron chi connectivity index (χ2n) is 32.0. The maximum atomic E-state index is 12.1. The number of fused-ring (bicyclic) bond motifs is 20. The van der Waals surface area contributed by atoms with E-state index in [0.717, 1.165) is 67.0 Å². The molecule has 0 saturated carbocycles. The minimum Gasteiger partial charge on any atom is -0.457 e. The average molecular weight is 2010 g/mol. The normalized spacial score (nSPS) is 12.4. The molecule has 134 heavy (non-hydrogen) atoms. The summed E-state index contributed by atoms with van der Waals surface area (Å²) in [6.07, 6.45) is 0. The maximum absolute atomic E-state index is 12.1. The average Bonchev–Trinajstić information content (AvgIpc) is 0.691. The Labute approximate surface area is 825 Å². The highest BCUT2D eigenvalue weighted by atomic mass is 127. The molecule has 0 saturated heterocycles. The fraction of sp³-hybridized carbons (Fsp3) is 0.0331. The van der Waals surface area contributed by atoms with Gasteiger partial charge in [-0.25, -0.2) is 0 Å². The summed E-state index contributed by atoms with van der Waals surface area (Å²) in [6, 6.07) is 164. The van der Waals surface area contributed by atoms with E-state index in [-0.39, 0.29) is 12.9 Å². The van der Waals surface area contributed by atoms with E-state index in [2.05, 4.69) is 437 Å². The lowest BCUT2D eigenvalue weighted by atomic mass is 9.63. The Morgan fingerprint density at radius 2 is 0.724 bits per heavy atom. The smallest absolute Gasteiger partial charge is 0.200 e. The largest absolute Gasteiger partial charge is 0.457 e. The SMILES string of the molecule is Brc1ccccc1Sc1ccccc1.C.CI.Clc1ccc2c(c1)Oc1ccccc1C21c2ccccc2Sc2ccccc21.O=c1c2ccccc2oc2cc(Cl)ccc12.c1ccc(-c2ccc(N(c3ccc4c(c3)Oc3ccccc3C43c4ccccc4Sc4ccccc43)c3cccc4ccccc34)cc2)cc1.c1ccc(-c2ccc(Nc3cccc4ccccc34)cc2)cc1. The zero-order valence-corrected chi connectivity index (χ0v) is 79.6. The molecule has 0 fully saturated rings. The monoisotopic (exact) mass is 2000 g/mol. The van der Waals surface area contributed by atoms with E-state index in [4.69, 9.17) is 37.1 Å². The summed E-state index contributed by atoms with van der Waals surface area (Å²) in [6.45, 7) is 0. The van der Waals surface area contributed by atoms with E-state index in [0.29, 0.717) is 32.0 Å². The Kier molecular flexibility index (Phi) is 27.1. The van der Waals surface area contributed by atoms with Gasteiger partial charge >= 0.3 is 0 Å². The molecule has 13 heteroatoms. The van der Waals surface area contributed by atoms with Gasteiger partial charge in [-0.3, -0.25) is 4.79 Å². The van der Waals surface area contributed by atoms with Crippen LogP contribution in [-0.2, 0) is 10.8 Å². The first-order chi connectivity index (χ1) is 65.6. The Hall–Kier alpha value is -13.6. The highest BCUT2D eigenvalue weighted by Gasteiger charge is 2.51. The molecule has 21 aromatic rings. The molecule has 6 nitrogen and oxygen atoms in total. The first kappa shape index (κ1) is 89.6. The third-order valence-electron chi connectivity index (χ3n) is 24.2. The van der Waals surface area contributed by atoms with Gasteiger partial charge in [-0.05, 0) is 216 Å².